The van der Waals surface area contributed by atoms with E-state index in [1.54, 1.807) is 20.8 Å². The molecule has 20 heavy (non-hydrogen) atoms. The number of likely N-dealkylation sites (N-methyl/N-ethyl adjacent to an activating group) is 1. The summed E-state index contributed by atoms with van der Waals surface area (Å²) in [5.74, 6) is -0.620. The van der Waals surface area contributed by atoms with Gasteiger partial charge in [0.15, 0.2) is 0 Å². The van der Waals surface area contributed by atoms with Gasteiger partial charge in [0.1, 0.15) is 22.2 Å². The first-order valence-electron chi connectivity index (χ1n) is 5.82. The minimum absolute atomic E-state index is 0.0343. The molecular formula is C12H17ClN2O4S. The topological polar surface area (TPSA) is 76.6 Å². The average molecular weight is 321 g/mol. The normalized spacial score (nSPS) is 12.5. The molecule has 0 saturated heterocycles. The monoisotopic (exact) mass is 320 g/mol. The van der Waals surface area contributed by atoms with Gasteiger partial charge in [0, 0.05) is 13.2 Å². The first kappa shape index (κ1) is 16.9. The Morgan fingerprint density at radius 1 is 1.40 bits per heavy atom. The molecule has 0 N–H and O–H groups in total. The van der Waals surface area contributed by atoms with Gasteiger partial charge in [-0.3, -0.25) is 4.79 Å². The summed E-state index contributed by atoms with van der Waals surface area (Å²) in [4.78, 5) is 15.3. The zero-order chi connectivity index (χ0) is 15.6. The van der Waals surface area contributed by atoms with Crippen LogP contribution in [-0.4, -0.2) is 42.9 Å². The highest BCUT2D eigenvalue weighted by Crippen LogP contribution is 2.16. The van der Waals surface area contributed by atoms with E-state index in [2.05, 4.69) is 4.98 Å². The lowest BCUT2D eigenvalue weighted by Crippen LogP contribution is -2.36. The molecule has 0 amide bonds. The molecule has 8 heteroatoms. The van der Waals surface area contributed by atoms with Crippen molar-refractivity contribution in [1.82, 2.24) is 9.29 Å². The van der Waals surface area contributed by atoms with Crippen molar-refractivity contribution in [2.75, 3.05) is 13.6 Å². The standard InChI is InChI=1S/C12H17ClN2O4S/c1-12(2,3)19-11(16)8-15(4)20(17,18)9-5-6-10(13)14-7-9/h5-7H,8H2,1-4H3. The summed E-state index contributed by atoms with van der Waals surface area (Å²) in [6.07, 6.45) is 1.14. The molecule has 0 aliphatic carbocycles. The Morgan fingerprint density at radius 2 is 2.00 bits per heavy atom. The maximum absolute atomic E-state index is 12.2. The van der Waals surface area contributed by atoms with E-state index in [1.165, 1.54) is 19.2 Å². The molecule has 1 aromatic rings. The number of sulfonamides is 1. The quantitative estimate of drug-likeness (QED) is 0.623. The van der Waals surface area contributed by atoms with E-state index < -0.39 is 21.6 Å². The lowest BCUT2D eigenvalue weighted by molar-refractivity contribution is -0.154. The van der Waals surface area contributed by atoms with Crippen molar-refractivity contribution < 1.29 is 17.9 Å². The molecule has 0 aromatic carbocycles. The van der Waals surface area contributed by atoms with Gasteiger partial charge in [-0.05, 0) is 32.9 Å². The van der Waals surface area contributed by atoms with Crippen LogP contribution in [0.2, 0.25) is 5.15 Å². The zero-order valence-electron chi connectivity index (χ0n) is 11.8. The first-order chi connectivity index (χ1) is 9.02. The minimum atomic E-state index is -3.80. The Labute approximate surface area is 123 Å². The van der Waals surface area contributed by atoms with Crippen LogP contribution in [0.4, 0.5) is 0 Å². The van der Waals surface area contributed by atoms with Gasteiger partial charge in [-0.2, -0.15) is 4.31 Å². The van der Waals surface area contributed by atoms with E-state index in [4.69, 9.17) is 16.3 Å². The summed E-state index contributed by atoms with van der Waals surface area (Å²) >= 11 is 5.60. The van der Waals surface area contributed by atoms with Crippen LogP contribution in [0.3, 0.4) is 0 Å². The number of nitrogens with zero attached hydrogens (tertiary/aromatic N) is 2. The van der Waals surface area contributed by atoms with Gasteiger partial charge in [0.25, 0.3) is 0 Å². The van der Waals surface area contributed by atoms with E-state index in [-0.39, 0.29) is 16.6 Å². The Bertz CT molecular complexity index is 578. The summed E-state index contributed by atoms with van der Waals surface area (Å²) in [5.41, 5.74) is -0.663. The Kier molecular flexibility index (Phi) is 5.12. The van der Waals surface area contributed by atoms with Crippen molar-refractivity contribution in [2.45, 2.75) is 31.3 Å². The third-order valence-electron chi connectivity index (χ3n) is 2.18. The summed E-state index contributed by atoms with van der Waals surface area (Å²) < 4.78 is 30.3. The van der Waals surface area contributed by atoms with Crippen molar-refractivity contribution in [3.05, 3.63) is 23.5 Å². The fourth-order valence-electron chi connectivity index (χ4n) is 1.34. The second kappa shape index (κ2) is 6.07. The van der Waals surface area contributed by atoms with E-state index in [0.29, 0.717) is 0 Å². The molecular weight excluding hydrogens is 304 g/mol. The number of halogens is 1. The number of ether oxygens (including phenoxy) is 1. The highest BCUT2D eigenvalue weighted by Gasteiger charge is 2.25. The molecule has 0 saturated carbocycles. The smallest absolute Gasteiger partial charge is 0.321 e. The number of rotatable bonds is 4. The number of esters is 1. The van der Waals surface area contributed by atoms with Gasteiger partial charge in [-0.15, -0.1) is 0 Å². The van der Waals surface area contributed by atoms with Crippen LogP contribution in [0.15, 0.2) is 23.2 Å². The summed E-state index contributed by atoms with van der Waals surface area (Å²) in [5, 5.41) is 0.193. The van der Waals surface area contributed by atoms with E-state index in [0.717, 1.165) is 10.5 Å². The second-order valence-corrected chi connectivity index (χ2v) is 7.60. The lowest BCUT2D eigenvalue weighted by atomic mass is 10.2. The lowest BCUT2D eigenvalue weighted by Gasteiger charge is -2.22. The Morgan fingerprint density at radius 3 is 2.45 bits per heavy atom. The summed E-state index contributed by atoms with van der Waals surface area (Å²) in [7, 11) is -2.50. The van der Waals surface area contributed by atoms with Crippen LogP contribution in [0.1, 0.15) is 20.8 Å². The van der Waals surface area contributed by atoms with Gasteiger partial charge in [-0.1, -0.05) is 11.6 Å². The highest BCUT2D eigenvalue weighted by molar-refractivity contribution is 7.89. The number of aromatic nitrogens is 1. The zero-order valence-corrected chi connectivity index (χ0v) is 13.3. The molecule has 112 valence electrons. The molecule has 6 nitrogen and oxygen atoms in total. The van der Waals surface area contributed by atoms with Crippen molar-refractivity contribution in [2.24, 2.45) is 0 Å². The molecule has 0 atom stereocenters. The molecule has 0 bridgehead atoms. The number of hydrogen-bond donors (Lipinski definition) is 0. The van der Waals surface area contributed by atoms with Gasteiger partial charge < -0.3 is 4.74 Å². The molecule has 0 radical (unpaired) electrons. The maximum Gasteiger partial charge on any atom is 0.321 e. The predicted octanol–water partition coefficient (Wildman–Crippen LogP) is 1.70. The number of carbonyl (C=O) groups excluding carboxylic acids is 1. The average Bonchev–Trinajstić information content (AvgIpc) is 2.26. The summed E-state index contributed by atoms with van der Waals surface area (Å²) in [6, 6.07) is 2.70. The van der Waals surface area contributed by atoms with Gasteiger partial charge in [0.05, 0.1) is 0 Å². The fraction of sp³-hybridized carbons (Fsp3) is 0.500. The number of hydrogen-bond acceptors (Lipinski definition) is 5. The van der Waals surface area contributed by atoms with Gasteiger partial charge >= 0.3 is 5.97 Å². The maximum atomic E-state index is 12.2. The molecule has 0 aliphatic heterocycles. The van der Waals surface area contributed by atoms with Crippen molar-refractivity contribution in [3.8, 4) is 0 Å². The predicted molar refractivity (Wildman–Crippen MR) is 74.9 cm³/mol. The minimum Gasteiger partial charge on any atom is -0.459 e. The van der Waals surface area contributed by atoms with Crippen LogP contribution < -0.4 is 0 Å². The third-order valence-corrected chi connectivity index (χ3v) is 4.19. The molecule has 0 aliphatic rings. The van der Waals surface area contributed by atoms with E-state index in [1.807, 2.05) is 0 Å². The second-order valence-electron chi connectivity index (χ2n) is 5.16. The van der Waals surface area contributed by atoms with Crippen molar-refractivity contribution >= 4 is 27.6 Å². The molecule has 0 unspecified atom stereocenters. The van der Waals surface area contributed by atoms with E-state index >= 15 is 0 Å². The SMILES string of the molecule is CN(CC(=O)OC(C)(C)C)S(=O)(=O)c1ccc(Cl)nc1. The fourth-order valence-corrected chi connectivity index (χ4v) is 2.51. The Hall–Kier alpha value is -1.18. The van der Waals surface area contributed by atoms with Crippen LogP contribution >= 0.6 is 11.6 Å². The summed E-state index contributed by atoms with van der Waals surface area (Å²) in [6.45, 7) is 4.76. The van der Waals surface area contributed by atoms with Crippen LogP contribution in [-0.2, 0) is 19.6 Å². The van der Waals surface area contributed by atoms with Crippen LogP contribution in [0.25, 0.3) is 0 Å². The first-order valence-corrected chi connectivity index (χ1v) is 7.64. The van der Waals surface area contributed by atoms with E-state index in [9.17, 15) is 13.2 Å². The molecule has 0 spiro atoms. The Balaban J connectivity index is 2.83. The molecule has 1 aromatic heterocycles. The largest absolute Gasteiger partial charge is 0.459 e. The van der Waals surface area contributed by atoms with Gasteiger partial charge in [0.2, 0.25) is 10.0 Å². The van der Waals surface area contributed by atoms with Crippen LogP contribution in [0, 0.1) is 0 Å². The number of carbonyl (C=O) groups is 1. The molecule has 0 fully saturated rings. The van der Waals surface area contributed by atoms with Crippen LogP contribution in [0.5, 0.6) is 0 Å². The molecule has 1 heterocycles. The highest BCUT2D eigenvalue weighted by atomic mass is 35.5. The van der Waals surface area contributed by atoms with Gasteiger partial charge in [-0.25, -0.2) is 13.4 Å². The van der Waals surface area contributed by atoms with Crippen molar-refractivity contribution in [3.63, 3.8) is 0 Å². The number of pyridine rings is 1. The third kappa shape index (κ3) is 4.73. The van der Waals surface area contributed by atoms with Crippen molar-refractivity contribution in [1.29, 1.82) is 0 Å². The molecule has 1 rings (SSSR count).